The Hall–Kier alpha value is -2.08. The first-order chi connectivity index (χ1) is 12.5. The molecule has 3 aromatic rings. The highest BCUT2D eigenvalue weighted by Crippen LogP contribution is 2.33. The van der Waals surface area contributed by atoms with Crippen LogP contribution in [0.4, 0.5) is 0 Å². The minimum atomic E-state index is -3.89. The fraction of sp³-hybridized carbons (Fsp3) is 0.0500. The first-order valence-corrected chi connectivity index (χ1v) is 10.6. The summed E-state index contributed by atoms with van der Waals surface area (Å²) < 4.78 is 25.0. The highest BCUT2D eigenvalue weighted by Gasteiger charge is 2.35. The van der Waals surface area contributed by atoms with Gasteiger partial charge in [0.15, 0.2) is 20.2 Å². The summed E-state index contributed by atoms with van der Waals surface area (Å²) in [4.78, 5) is 13.9. The van der Waals surface area contributed by atoms with Crippen molar-refractivity contribution in [2.24, 2.45) is 0 Å². The molecule has 0 saturated heterocycles. The van der Waals surface area contributed by atoms with Gasteiger partial charge in [0.1, 0.15) is 0 Å². The summed E-state index contributed by atoms with van der Waals surface area (Å²) in [6, 6.07) is 23.4. The molecule has 0 heterocycles. The minimum Gasteiger partial charge on any atom is -0.292 e. The number of halogens is 1. The number of hydrogen-bond acceptors (Lipinski definition) is 4. The van der Waals surface area contributed by atoms with Gasteiger partial charge < -0.3 is 0 Å². The number of benzene rings is 3. The van der Waals surface area contributed by atoms with Crippen LogP contribution in [0.5, 0.6) is 0 Å². The van der Waals surface area contributed by atoms with Crippen LogP contribution >= 0.6 is 23.4 Å². The van der Waals surface area contributed by atoms with Gasteiger partial charge in [-0.3, -0.25) is 4.79 Å². The molecule has 1 atom stereocenters. The molecule has 0 amide bonds. The van der Waals surface area contributed by atoms with E-state index in [9.17, 15) is 13.2 Å². The molecule has 0 aliphatic carbocycles. The topological polar surface area (TPSA) is 51.2 Å². The SMILES string of the molecule is O=C(c1cccc(Cl)c1)C(Sc1ccccc1)S(=O)(=O)c1ccccc1. The average molecular weight is 403 g/mol. The monoisotopic (exact) mass is 402 g/mol. The van der Waals surface area contributed by atoms with Crippen LogP contribution in [-0.4, -0.2) is 18.8 Å². The number of thioether (sulfide) groups is 1. The third-order valence-corrected chi connectivity index (χ3v) is 7.63. The van der Waals surface area contributed by atoms with Crippen molar-refractivity contribution in [1.29, 1.82) is 0 Å². The molecule has 6 heteroatoms. The summed E-state index contributed by atoms with van der Waals surface area (Å²) in [5.41, 5.74) is 0.269. The Morgan fingerprint density at radius 1 is 0.846 bits per heavy atom. The number of carbonyl (C=O) groups is 1. The number of sulfone groups is 1. The summed E-state index contributed by atoms with van der Waals surface area (Å²) in [5.74, 6) is -0.495. The van der Waals surface area contributed by atoms with Gasteiger partial charge in [0.05, 0.1) is 4.90 Å². The van der Waals surface area contributed by atoms with Crippen LogP contribution in [0.2, 0.25) is 5.02 Å². The second-order valence-corrected chi connectivity index (χ2v) is 9.44. The van der Waals surface area contributed by atoms with Gasteiger partial charge in [-0.15, -0.1) is 0 Å². The highest BCUT2D eigenvalue weighted by molar-refractivity contribution is 8.14. The maximum Gasteiger partial charge on any atom is 0.198 e. The molecule has 26 heavy (non-hydrogen) atoms. The van der Waals surface area contributed by atoms with Gasteiger partial charge in [-0.05, 0) is 36.4 Å². The Kier molecular flexibility index (Phi) is 5.81. The van der Waals surface area contributed by atoms with Crippen molar-refractivity contribution in [3.8, 4) is 0 Å². The summed E-state index contributed by atoms with van der Waals surface area (Å²) in [5, 5.41) is 0.386. The van der Waals surface area contributed by atoms with E-state index >= 15 is 0 Å². The fourth-order valence-electron chi connectivity index (χ4n) is 2.39. The lowest BCUT2D eigenvalue weighted by atomic mass is 10.1. The quantitative estimate of drug-likeness (QED) is 0.424. The lowest BCUT2D eigenvalue weighted by Gasteiger charge is -2.17. The molecule has 132 valence electrons. The summed E-state index contributed by atoms with van der Waals surface area (Å²) in [6.07, 6.45) is 0. The summed E-state index contributed by atoms with van der Waals surface area (Å²) in [6.45, 7) is 0. The molecule has 0 radical (unpaired) electrons. The lowest BCUT2D eigenvalue weighted by molar-refractivity contribution is 0.101. The third kappa shape index (κ3) is 4.18. The van der Waals surface area contributed by atoms with Gasteiger partial charge in [0.2, 0.25) is 0 Å². The van der Waals surface area contributed by atoms with Crippen LogP contribution in [-0.2, 0) is 9.84 Å². The third-order valence-electron chi connectivity index (χ3n) is 3.66. The molecule has 3 rings (SSSR count). The Morgan fingerprint density at radius 2 is 1.46 bits per heavy atom. The lowest BCUT2D eigenvalue weighted by Crippen LogP contribution is -2.27. The Morgan fingerprint density at radius 3 is 2.08 bits per heavy atom. The maximum absolute atomic E-state index is 13.2. The molecular weight excluding hydrogens is 388 g/mol. The van der Waals surface area contributed by atoms with Crippen LogP contribution < -0.4 is 0 Å². The predicted octanol–water partition coefficient (Wildman–Crippen LogP) is 5.12. The van der Waals surface area contributed by atoms with E-state index in [0.717, 1.165) is 11.8 Å². The molecule has 0 aliphatic heterocycles. The van der Waals surface area contributed by atoms with Crippen LogP contribution in [0, 0.1) is 0 Å². The molecular formula is C20H15ClO3S2. The second-order valence-electron chi connectivity index (χ2n) is 5.50. The van der Waals surface area contributed by atoms with E-state index in [1.54, 1.807) is 60.7 Å². The number of Topliss-reactive ketones (excluding diaryl/α,β-unsaturated/α-hetero) is 1. The number of rotatable bonds is 6. The fourth-order valence-corrected chi connectivity index (χ4v) is 5.76. The Labute approximate surface area is 161 Å². The molecule has 0 spiro atoms. The van der Waals surface area contributed by atoms with E-state index in [4.69, 9.17) is 11.6 Å². The first kappa shape index (κ1) is 18.7. The van der Waals surface area contributed by atoms with E-state index in [1.165, 1.54) is 18.2 Å². The van der Waals surface area contributed by atoms with E-state index in [0.29, 0.717) is 9.92 Å². The molecule has 0 bridgehead atoms. The number of carbonyl (C=O) groups excluding carboxylic acids is 1. The van der Waals surface area contributed by atoms with E-state index < -0.39 is 20.2 Å². The second kappa shape index (κ2) is 8.08. The Balaban J connectivity index is 2.06. The van der Waals surface area contributed by atoms with Crippen molar-refractivity contribution in [3.05, 3.63) is 95.5 Å². The van der Waals surface area contributed by atoms with Crippen LogP contribution in [0.3, 0.4) is 0 Å². The highest BCUT2D eigenvalue weighted by atomic mass is 35.5. The van der Waals surface area contributed by atoms with E-state index in [1.807, 2.05) is 6.07 Å². The van der Waals surface area contributed by atoms with E-state index in [2.05, 4.69) is 0 Å². The molecule has 0 N–H and O–H groups in total. The van der Waals surface area contributed by atoms with Gasteiger partial charge in [0, 0.05) is 15.5 Å². The van der Waals surface area contributed by atoms with Crippen molar-refractivity contribution < 1.29 is 13.2 Å². The van der Waals surface area contributed by atoms with Crippen molar-refractivity contribution in [1.82, 2.24) is 0 Å². The minimum absolute atomic E-state index is 0.115. The largest absolute Gasteiger partial charge is 0.292 e. The average Bonchev–Trinajstić information content (AvgIpc) is 2.67. The van der Waals surface area contributed by atoms with Gasteiger partial charge in [-0.2, -0.15) is 0 Å². The van der Waals surface area contributed by atoms with Gasteiger partial charge >= 0.3 is 0 Å². The summed E-state index contributed by atoms with van der Waals surface area (Å²) in [7, 11) is -3.89. The molecule has 3 nitrogen and oxygen atoms in total. The summed E-state index contributed by atoms with van der Waals surface area (Å²) >= 11 is 7.00. The zero-order valence-corrected chi connectivity index (χ0v) is 16.0. The van der Waals surface area contributed by atoms with E-state index in [-0.39, 0.29) is 10.5 Å². The standard InChI is InChI=1S/C20H15ClO3S2/c21-16-9-7-8-15(14-16)19(22)20(25-17-10-3-1-4-11-17)26(23,24)18-12-5-2-6-13-18/h1-14,20H. The van der Waals surface area contributed by atoms with Gasteiger partial charge in [-0.1, -0.05) is 71.9 Å². The molecule has 0 aliphatic rings. The van der Waals surface area contributed by atoms with Crippen molar-refractivity contribution in [3.63, 3.8) is 0 Å². The van der Waals surface area contributed by atoms with Crippen molar-refractivity contribution in [2.45, 2.75) is 14.4 Å². The molecule has 0 saturated carbocycles. The zero-order valence-electron chi connectivity index (χ0n) is 13.6. The van der Waals surface area contributed by atoms with Crippen LogP contribution in [0.15, 0.2) is 94.7 Å². The van der Waals surface area contributed by atoms with Crippen molar-refractivity contribution >= 4 is 39.0 Å². The molecule has 3 aromatic carbocycles. The normalized spacial score (nSPS) is 12.5. The molecule has 1 unspecified atom stereocenters. The Bertz CT molecular complexity index is 1000. The first-order valence-electron chi connectivity index (χ1n) is 7.79. The number of ketones is 1. The molecule has 0 fully saturated rings. The van der Waals surface area contributed by atoms with Crippen LogP contribution in [0.25, 0.3) is 0 Å². The smallest absolute Gasteiger partial charge is 0.198 e. The maximum atomic E-state index is 13.2. The van der Waals surface area contributed by atoms with Crippen LogP contribution in [0.1, 0.15) is 10.4 Å². The van der Waals surface area contributed by atoms with Gasteiger partial charge in [-0.25, -0.2) is 8.42 Å². The number of hydrogen-bond donors (Lipinski definition) is 0. The zero-order chi connectivity index (χ0) is 18.6. The van der Waals surface area contributed by atoms with Crippen molar-refractivity contribution in [2.75, 3.05) is 0 Å². The van der Waals surface area contributed by atoms with Gasteiger partial charge in [0.25, 0.3) is 0 Å². The molecule has 0 aromatic heterocycles. The predicted molar refractivity (Wildman–Crippen MR) is 105 cm³/mol.